The monoisotopic (exact) mass is 384 g/mol. The van der Waals surface area contributed by atoms with Gasteiger partial charge >= 0.3 is 5.97 Å². The molecule has 7 nitrogen and oxygen atoms in total. The molecule has 3 aromatic rings. The number of rotatable bonds is 7. The van der Waals surface area contributed by atoms with Crippen molar-refractivity contribution in [3.05, 3.63) is 60.5 Å². The van der Waals surface area contributed by atoms with Crippen LogP contribution in [0.2, 0.25) is 0 Å². The molecular weight excluding hydrogens is 367 g/mol. The van der Waals surface area contributed by atoms with Gasteiger partial charge in [-0.1, -0.05) is 0 Å². The SMILES string of the molecule is COC(=O)COc1ccc(NC(=O)COc2ccc(F)cc2)c2cccnc12. The second-order valence-electron chi connectivity index (χ2n) is 5.67. The lowest BCUT2D eigenvalue weighted by Crippen LogP contribution is -2.20. The molecule has 1 heterocycles. The number of methoxy groups -OCH3 is 1. The van der Waals surface area contributed by atoms with Gasteiger partial charge in [0, 0.05) is 11.6 Å². The van der Waals surface area contributed by atoms with E-state index >= 15 is 0 Å². The van der Waals surface area contributed by atoms with Gasteiger partial charge in [0.1, 0.15) is 22.8 Å². The van der Waals surface area contributed by atoms with Gasteiger partial charge in [-0.2, -0.15) is 0 Å². The van der Waals surface area contributed by atoms with Gasteiger partial charge < -0.3 is 19.5 Å². The van der Waals surface area contributed by atoms with E-state index in [4.69, 9.17) is 9.47 Å². The Morgan fingerprint density at radius 1 is 1.04 bits per heavy atom. The van der Waals surface area contributed by atoms with Crippen LogP contribution in [0.15, 0.2) is 54.7 Å². The van der Waals surface area contributed by atoms with E-state index in [1.54, 1.807) is 30.5 Å². The molecule has 2 aromatic carbocycles. The Balaban J connectivity index is 1.71. The van der Waals surface area contributed by atoms with Crippen molar-refractivity contribution in [2.75, 3.05) is 25.6 Å². The molecule has 1 aromatic heterocycles. The highest BCUT2D eigenvalue weighted by Gasteiger charge is 2.12. The fourth-order valence-electron chi connectivity index (χ4n) is 2.43. The molecule has 0 fully saturated rings. The van der Waals surface area contributed by atoms with Gasteiger partial charge in [0.25, 0.3) is 5.91 Å². The van der Waals surface area contributed by atoms with Crippen LogP contribution >= 0.6 is 0 Å². The van der Waals surface area contributed by atoms with E-state index in [0.29, 0.717) is 28.1 Å². The number of hydrogen-bond acceptors (Lipinski definition) is 6. The van der Waals surface area contributed by atoms with E-state index in [0.717, 1.165) is 0 Å². The summed E-state index contributed by atoms with van der Waals surface area (Å²) in [6, 6.07) is 12.1. The van der Waals surface area contributed by atoms with Gasteiger partial charge in [-0.05, 0) is 48.5 Å². The summed E-state index contributed by atoms with van der Waals surface area (Å²) in [6.07, 6.45) is 1.58. The van der Waals surface area contributed by atoms with Crippen LogP contribution in [0, 0.1) is 5.82 Å². The zero-order chi connectivity index (χ0) is 19.9. The Labute approximate surface area is 160 Å². The van der Waals surface area contributed by atoms with Crippen LogP contribution < -0.4 is 14.8 Å². The number of nitrogens with zero attached hydrogens (tertiary/aromatic N) is 1. The molecule has 0 aliphatic rings. The van der Waals surface area contributed by atoms with Crippen LogP contribution in [-0.2, 0) is 14.3 Å². The number of nitrogens with one attached hydrogen (secondary N) is 1. The molecule has 1 N–H and O–H groups in total. The normalized spacial score (nSPS) is 10.4. The first-order chi connectivity index (χ1) is 13.6. The average molecular weight is 384 g/mol. The molecule has 1 amide bonds. The number of halogens is 1. The predicted octanol–water partition coefficient (Wildman–Crippen LogP) is 2.94. The molecule has 0 spiro atoms. The molecule has 0 bridgehead atoms. The maximum Gasteiger partial charge on any atom is 0.343 e. The van der Waals surface area contributed by atoms with Crippen molar-refractivity contribution in [1.29, 1.82) is 0 Å². The van der Waals surface area contributed by atoms with Crippen LogP contribution in [0.5, 0.6) is 11.5 Å². The van der Waals surface area contributed by atoms with Crippen LogP contribution in [0.25, 0.3) is 10.9 Å². The van der Waals surface area contributed by atoms with Crippen molar-refractivity contribution in [3.63, 3.8) is 0 Å². The predicted molar refractivity (Wildman–Crippen MR) is 99.8 cm³/mol. The number of carbonyl (C=O) groups excluding carboxylic acids is 2. The lowest BCUT2D eigenvalue weighted by atomic mass is 10.1. The van der Waals surface area contributed by atoms with Gasteiger partial charge in [0.2, 0.25) is 0 Å². The van der Waals surface area contributed by atoms with Crippen molar-refractivity contribution >= 4 is 28.5 Å². The molecule has 0 unspecified atom stereocenters. The van der Waals surface area contributed by atoms with Crippen LogP contribution in [-0.4, -0.2) is 37.2 Å². The topological polar surface area (TPSA) is 86.8 Å². The minimum Gasteiger partial charge on any atom is -0.484 e. The van der Waals surface area contributed by atoms with Crippen molar-refractivity contribution in [1.82, 2.24) is 4.98 Å². The van der Waals surface area contributed by atoms with E-state index in [1.807, 2.05) is 0 Å². The first kappa shape index (κ1) is 19.1. The van der Waals surface area contributed by atoms with Gasteiger partial charge in [-0.25, -0.2) is 9.18 Å². The zero-order valence-corrected chi connectivity index (χ0v) is 15.0. The fourth-order valence-corrected chi connectivity index (χ4v) is 2.43. The molecule has 0 saturated heterocycles. The molecule has 0 aliphatic carbocycles. The standard InChI is InChI=1S/C20H17FN2O5/c1-26-19(25)12-28-17-9-8-16(15-3-2-10-22-20(15)17)23-18(24)11-27-14-6-4-13(21)5-7-14/h2-10H,11-12H2,1H3,(H,23,24). The molecule has 8 heteroatoms. The lowest BCUT2D eigenvalue weighted by Gasteiger charge is -2.12. The third-order valence-electron chi connectivity index (χ3n) is 3.76. The van der Waals surface area contributed by atoms with Gasteiger partial charge in [-0.3, -0.25) is 9.78 Å². The summed E-state index contributed by atoms with van der Waals surface area (Å²) >= 11 is 0. The average Bonchev–Trinajstić information content (AvgIpc) is 2.72. The number of esters is 1. The highest BCUT2D eigenvalue weighted by Crippen LogP contribution is 2.30. The highest BCUT2D eigenvalue weighted by molar-refractivity contribution is 6.03. The third-order valence-corrected chi connectivity index (χ3v) is 3.76. The largest absolute Gasteiger partial charge is 0.484 e. The Morgan fingerprint density at radius 2 is 1.82 bits per heavy atom. The summed E-state index contributed by atoms with van der Waals surface area (Å²) in [5.41, 5.74) is 1.00. The van der Waals surface area contributed by atoms with E-state index in [9.17, 15) is 14.0 Å². The maximum atomic E-state index is 12.9. The van der Waals surface area contributed by atoms with Crippen molar-refractivity contribution in [2.24, 2.45) is 0 Å². The molecule has 144 valence electrons. The zero-order valence-electron chi connectivity index (χ0n) is 15.0. The van der Waals surface area contributed by atoms with Crippen LogP contribution in [0.4, 0.5) is 10.1 Å². The first-order valence-corrected chi connectivity index (χ1v) is 8.32. The Kier molecular flexibility index (Phi) is 6.01. The smallest absolute Gasteiger partial charge is 0.343 e. The summed E-state index contributed by atoms with van der Waals surface area (Å²) in [4.78, 5) is 27.8. The lowest BCUT2D eigenvalue weighted by molar-refractivity contribution is -0.142. The molecule has 3 rings (SSSR count). The second-order valence-corrected chi connectivity index (χ2v) is 5.67. The Hall–Kier alpha value is -3.68. The Bertz CT molecular complexity index is 992. The summed E-state index contributed by atoms with van der Waals surface area (Å²) in [5.74, 6) is -0.515. The molecule has 0 radical (unpaired) electrons. The summed E-state index contributed by atoms with van der Waals surface area (Å²) < 4.78 is 28.2. The molecule has 28 heavy (non-hydrogen) atoms. The second kappa shape index (κ2) is 8.81. The number of hydrogen-bond donors (Lipinski definition) is 1. The number of ether oxygens (including phenoxy) is 3. The maximum absolute atomic E-state index is 12.9. The number of pyridine rings is 1. The molecular formula is C20H17FN2O5. The minimum absolute atomic E-state index is 0.242. The van der Waals surface area contributed by atoms with E-state index in [2.05, 4.69) is 15.0 Å². The number of benzene rings is 2. The number of anilines is 1. The molecule has 0 atom stereocenters. The van der Waals surface area contributed by atoms with Crippen molar-refractivity contribution < 1.29 is 28.2 Å². The van der Waals surface area contributed by atoms with E-state index in [-0.39, 0.29) is 19.0 Å². The fraction of sp³-hybridized carbons (Fsp3) is 0.150. The summed E-state index contributed by atoms with van der Waals surface area (Å²) in [7, 11) is 1.27. The van der Waals surface area contributed by atoms with E-state index < -0.39 is 11.9 Å². The number of fused-ring (bicyclic) bond motifs is 1. The first-order valence-electron chi connectivity index (χ1n) is 8.32. The van der Waals surface area contributed by atoms with Crippen LogP contribution in [0.1, 0.15) is 0 Å². The number of carbonyl (C=O) groups is 2. The third kappa shape index (κ3) is 4.73. The number of aromatic nitrogens is 1. The van der Waals surface area contributed by atoms with E-state index in [1.165, 1.54) is 31.4 Å². The molecule has 0 aliphatic heterocycles. The van der Waals surface area contributed by atoms with Crippen LogP contribution in [0.3, 0.4) is 0 Å². The minimum atomic E-state index is -0.514. The molecule has 0 saturated carbocycles. The van der Waals surface area contributed by atoms with Gasteiger partial charge in [-0.15, -0.1) is 0 Å². The van der Waals surface area contributed by atoms with Crippen molar-refractivity contribution in [2.45, 2.75) is 0 Å². The summed E-state index contributed by atoms with van der Waals surface area (Å²) in [6.45, 7) is -0.493. The number of amides is 1. The van der Waals surface area contributed by atoms with Crippen molar-refractivity contribution in [3.8, 4) is 11.5 Å². The highest BCUT2D eigenvalue weighted by atomic mass is 19.1. The van der Waals surface area contributed by atoms with Gasteiger partial charge in [0.05, 0.1) is 12.8 Å². The Morgan fingerprint density at radius 3 is 2.57 bits per heavy atom. The quantitative estimate of drug-likeness (QED) is 0.631. The summed E-state index contributed by atoms with van der Waals surface area (Å²) in [5, 5.41) is 3.38. The van der Waals surface area contributed by atoms with Gasteiger partial charge in [0.15, 0.2) is 13.2 Å².